The molecule has 1 unspecified atom stereocenters. The minimum Gasteiger partial charge on any atom is -0.356 e. The normalized spacial score (nSPS) is 21.8. The Morgan fingerprint density at radius 2 is 1.96 bits per heavy atom. The fourth-order valence-electron chi connectivity index (χ4n) is 4.32. The standard InChI is InChI=1S/C19H26N4O2/c1-13-11-17(25-21-13)15-12-22(2)20-18(15)16-9-5-6-10-23(16)19(24)14-7-3-4-8-14/h11-12,14,16H,3-10H2,1-2H3. The van der Waals surface area contributed by atoms with Gasteiger partial charge in [-0.2, -0.15) is 5.10 Å². The molecule has 0 bridgehead atoms. The molecular weight excluding hydrogens is 316 g/mol. The van der Waals surface area contributed by atoms with Gasteiger partial charge in [-0.1, -0.05) is 18.0 Å². The predicted molar refractivity (Wildman–Crippen MR) is 93.7 cm³/mol. The summed E-state index contributed by atoms with van der Waals surface area (Å²) in [6.07, 6.45) is 9.60. The predicted octanol–water partition coefficient (Wildman–Crippen LogP) is 3.63. The molecule has 1 atom stereocenters. The second-order valence-electron chi connectivity index (χ2n) is 7.46. The molecule has 1 saturated heterocycles. The molecule has 6 nitrogen and oxygen atoms in total. The van der Waals surface area contributed by atoms with Gasteiger partial charge < -0.3 is 9.42 Å². The number of carbonyl (C=O) groups excluding carboxylic acids is 1. The summed E-state index contributed by atoms with van der Waals surface area (Å²) in [4.78, 5) is 15.2. The first-order valence-corrected chi connectivity index (χ1v) is 9.41. The third-order valence-corrected chi connectivity index (χ3v) is 5.56. The number of likely N-dealkylation sites (tertiary alicyclic amines) is 1. The van der Waals surface area contributed by atoms with Crippen LogP contribution in [0, 0.1) is 12.8 Å². The minimum absolute atomic E-state index is 0.0449. The van der Waals surface area contributed by atoms with E-state index in [0.29, 0.717) is 5.91 Å². The summed E-state index contributed by atoms with van der Waals surface area (Å²) in [5.74, 6) is 1.27. The van der Waals surface area contributed by atoms with Crippen molar-refractivity contribution in [3.8, 4) is 11.3 Å². The zero-order chi connectivity index (χ0) is 17.4. The zero-order valence-corrected chi connectivity index (χ0v) is 15.1. The van der Waals surface area contributed by atoms with E-state index in [4.69, 9.17) is 9.62 Å². The summed E-state index contributed by atoms with van der Waals surface area (Å²) >= 11 is 0. The van der Waals surface area contributed by atoms with Crippen LogP contribution in [0.2, 0.25) is 0 Å². The Kier molecular flexibility index (Phi) is 4.36. The third-order valence-electron chi connectivity index (χ3n) is 5.56. The molecule has 134 valence electrons. The molecule has 1 saturated carbocycles. The van der Waals surface area contributed by atoms with Crippen molar-refractivity contribution in [2.75, 3.05) is 6.54 Å². The van der Waals surface area contributed by atoms with Crippen LogP contribution in [0.1, 0.15) is 62.4 Å². The molecule has 1 aliphatic carbocycles. The van der Waals surface area contributed by atoms with Crippen LogP contribution in [0.4, 0.5) is 0 Å². The van der Waals surface area contributed by atoms with Crippen molar-refractivity contribution in [1.29, 1.82) is 0 Å². The molecule has 3 heterocycles. The van der Waals surface area contributed by atoms with Crippen molar-refractivity contribution >= 4 is 5.91 Å². The van der Waals surface area contributed by atoms with E-state index in [9.17, 15) is 4.79 Å². The third kappa shape index (κ3) is 3.10. The molecule has 0 aromatic carbocycles. The Morgan fingerprint density at radius 3 is 2.68 bits per heavy atom. The van der Waals surface area contributed by atoms with Gasteiger partial charge in [0.15, 0.2) is 5.76 Å². The van der Waals surface area contributed by atoms with Crippen molar-refractivity contribution < 1.29 is 9.32 Å². The minimum atomic E-state index is 0.0449. The first-order valence-electron chi connectivity index (χ1n) is 9.41. The van der Waals surface area contributed by atoms with Crippen molar-refractivity contribution in [1.82, 2.24) is 19.8 Å². The van der Waals surface area contributed by atoms with Crippen molar-refractivity contribution in [3.05, 3.63) is 23.7 Å². The lowest BCUT2D eigenvalue weighted by Crippen LogP contribution is -2.41. The number of rotatable bonds is 3. The quantitative estimate of drug-likeness (QED) is 0.854. The fraction of sp³-hybridized carbons (Fsp3) is 0.632. The smallest absolute Gasteiger partial charge is 0.226 e. The van der Waals surface area contributed by atoms with Crippen LogP contribution in [0.25, 0.3) is 11.3 Å². The van der Waals surface area contributed by atoms with Crippen molar-refractivity contribution in [2.24, 2.45) is 13.0 Å². The van der Waals surface area contributed by atoms with Crippen LogP contribution in [-0.2, 0) is 11.8 Å². The maximum Gasteiger partial charge on any atom is 0.226 e. The van der Waals surface area contributed by atoms with Crippen LogP contribution in [0.3, 0.4) is 0 Å². The number of aromatic nitrogens is 3. The van der Waals surface area contributed by atoms with Crippen LogP contribution < -0.4 is 0 Å². The molecule has 0 radical (unpaired) electrons. The van der Waals surface area contributed by atoms with Gasteiger partial charge in [0.1, 0.15) is 0 Å². The number of hydrogen-bond acceptors (Lipinski definition) is 4. The van der Waals surface area contributed by atoms with Gasteiger partial charge in [0.05, 0.1) is 23.0 Å². The molecule has 2 aliphatic rings. The average Bonchev–Trinajstić information content (AvgIpc) is 3.35. The molecule has 1 aliphatic heterocycles. The van der Waals surface area contributed by atoms with Crippen molar-refractivity contribution in [2.45, 2.75) is 57.9 Å². The van der Waals surface area contributed by atoms with Gasteiger partial charge in [-0.25, -0.2) is 0 Å². The van der Waals surface area contributed by atoms with Crippen LogP contribution in [-0.4, -0.2) is 32.3 Å². The molecule has 1 amide bonds. The monoisotopic (exact) mass is 342 g/mol. The van der Waals surface area contributed by atoms with Gasteiger partial charge in [-0.3, -0.25) is 9.48 Å². The number of hydrogen-bond donors (Lipinski definition) is 0. The highest BCUT2D eigenvalue weighted by molar-refractivity contribution is 5.80. The average molecular weight is 342 g/mol. The second kappa shape index (κ2) is 6.65. The van der Waals surface area contributed by atoms with E-state index < -0.39 is 0 Å². The molecule has 2 fully saturated rings. The molecule has 4 rings (SSSR count). The number of aryl methyl sites for hydroxylation is 2. The molecule has 0 spiro atoms. The van der Waals surface area contributed by atoms with E-state index in [1.807, 2.05) is 30.9 Å². The van der Waals surface area contributed by atoms with Gasteiger partial charge in [-0.05, 0) is 39.0 Å². The Balaban J connectivity index is 1.68. The zero-order valence-electron chi connectivity index (χ0n) is 15.1. The fourth-order valence-corrected chi connectivity index (χ4v) is 4.32. The van der Waals surface area contributed by atoms with Gasteiger partial charge >= 0.3 is 0 Å². The summed E-state index contributed by atoms with van der Waals surface area (Å²) in [6.45, 7) is 2.75. The van der Waals surface area contributed by atoms with E-state index >= 15 is 0 Å². The summed E-state index contributed by atoms with van der Waals surface area (Å²) in [6, 6.07) is 1.98. The highest BCUT2D eigenvalue weighted by Gasteiger charge is 2.36. The van der Waals surface area contributed by atoms with E-state index in [1.54, 1.807) is 0 Å². The topological polar surface area (TPSA) is 64.2 Å². The number of nitrogens with zero attached hydrogens (tertiary/aromatic N) is 4. The lowest BCUT2D eigenvalue weighted by molar-refractivity contribution is -0.139. The van der Waals surface area contributed by atoms with Gasteiger partial charge in [-0.15, -0.1) is 0 Å². The Hall–Kier alpha value is -2.11. The first-order chi connectivity index (χ1) is 12.1. The largest absolute Gasteiger partial charge is 0.356 e. The van der Waals surface area contributed by atoms with E-state index in [2.05, 4.69) is 10.1 Å². The first kappa shape index (κ1) is 16.4. The SMILES string of the molecule is Cc1cc(-c2cn(C)nc2C2CCCCN2C(=O)C2CCCC2)on1. The summed E-state index contributed by atoms with van der Waals surface area (Å²) in [5, 5.41) is 8.73. The van der Waals surface area contributed by atoms with Gasteiger partial charge in [0.25, 0.3) is 0 Å². The number of amides is 1. The van der Waals surface area contributed by atoms with Crippen LogP contribution in [0.15, 0.2) is 16.8 Å². The second-order valence-corrected chi connectivity index (χ2v) is 7.46. The van der Waals surface area contributed by atoms with Crippen LogP contribution >= 0.6 is 0 Å². The molecule has 2 aromatic heterocycles. The van der Waals surface area contributed by atoms with Gasteiger partial charge in [0.2, 0.25) is 5.91 Å². The van der Waals surface area contributed by atoms with Crippen LogP contribution in [0.5, 0.6) is 0 Å². The van der Waals surface area contributed by atoms with E-state index in [-0.39, 0.29) is 12.0 Å². The summed E-state index contributed by atoms with van der Waals surface area (Å²) in [5.41, 5.74) is 2.76. The summed E-state index contributed by atoms with van der Waals surface area (Å²) in [7, 11) is 1.92. The highest BCUT2D eigenvalue weighted by Crippen LogP contribution is 2.38. The van der Waals surface area contributed by atoms with E-state index in [1.165, 1.54) is 12.8 Å². The summed E-state index contributed by atoms with van der Waals surface area (Å²) < 4.78 is 7.30. The molecule has 6 heteroatoms. The maximum atomic E-state index is 13.1. The Bertz CT molecular complexity index is 757. The number of carbonyl (C=O) groups is 1. The Labute approximate surface area is 148 Å². The Morgan fingerprint density at radius 1 is 1.20 bits per heavy atom. The molecular formula is C19H26N4O2. The van der Waals surface area contributed by atoms with Crippen molar-refractivity contribution in [3.63, 3.8) is 0 Å². The lowest BCUT2D eigenvalue weighted by Gasteiger charge is -2.36. The highest BCUT2D eigenvalue weighted by atomic mass is 16.5. The number of piperidine rings is 1. The molecule has 0 N–H and O–H groups in total. The maximum absolute atomic E-state index is 13.1. The molecule has 25 heavy (non-hydrogen) atoms. The van der Waals surface area contributed by atoms with Gasteiger partial charge in [0, 0.05) is 31.8 Å². The van der Waals surface area contributed by atoms with E-state index in [0.717, 1.165) is 61.4 Å². The lowest BCUT2D eigenvalue weighted by atomic mass is 9.94. The molecule has 2 aromatic rings.